The van der Waals surface area contributed by atoms with Gasteiger partial charge in [0.05, 0.1) is 10.8 Å². The van der Waals surface area contributed by atoms with Gasteiger partial charge in [0.25, 0.3) is 0 Å². The Morgan fingerprint density at radius 1 is 0.952 bits per heavy atom. The van der Waals surface area contributed by atoms with Gasteiger partial charge < -0.3 is 4.89 Å². The van der Waals surface area contributed by atoms with Gasteiger partial charge in [-0.1, -0.05) is 36.5 Å². The fraction of sp³-hybridized carbons (Fsp3) is 0.667. The van der Waals surface area contributed by atoms with Crippen LogP contribution >= 0.6 is 7.37 Å². The summed E-state index contributed by atoms with van der Waals surface area (Å²) in [5.41, 5.74) is -0.135. The average Bonchev–Trinajstić information content (AvgIpc) is 2.57. The second-order valence-electron chi connectivity index (χ2n) is 6.80. The van der Waals surface area contributed by atoms with Crippen molar-refractivity contribution >= 4 is 7.37 Å². The molecule has 0 radical (unpaired) electrons. The van der Waals surface area contributed by atoms with Gasteiger partial charge in [-0.25, -0.2) is 0 Å². The van der Waals surface area contributed by atoms with E-state index in [4.69, 9.17) is 0 Å². The van der Waals surface area contributed by atoms with Crippen LogP contribution in [0, 0.1) is 5.92 Å². The standard InChI is InChI=1S/C18H27O2P/c19-21(20,17-12-6-2-7-13-17)18(14-8-3-9-15-18)16-10-4-1-5-11-16/h4,6,8,10,12,14,16-17H,1-3,5,7,9,11,13,15H2,(H,19,20). The second-order valence-corrected chi connectivity index (χ2v) is 9.54. The summed E-state index contributed by atoms with van der Waals surface area (Å²) < 4.78 is 13.6. The zero-order chi connectivity index (χ0) is 14.8. The van der Waals surface area contributed by atoms with E-state index >= 15 is 0 Å². The highest BCUT2D eigenvalue weighted by molar-refractivity contribution is 7.61. The highest BCUT2D eigenvalue weighted by Crippen LogP contribution is 2.67. The van der Waals surface area contributed by atoms with Crippen LogP contribution in [0.5, 0.6) is 0 Å². The van der Waals surface area contributed by atoms with Gasteiger partial charge in [-0.3, -0.25) is 4.57 Å². The van der Waals surface area contributed by atoms with Crippen LogP contribution in [0.1, 0.15) is 57.8 Å². The van der Waals surface area contributed by atoms with E-state index in [1.807, 2.05) is 6.08 Å². The molecule has 0 aromatic heterocycles. The Morgan fingerprint density at radius 2 is 1.67 bits per heavy atom. The molecule has 0 amide bonds. The minimum Gasteiger partial charge on any atom is -0.343 e. The molecular weight excluding hydrogens is 279 g/mol. The fourth-order valence-corrected chi connectivity index (χ4v) is 7.30. The summed E-state index contributed by atoms with van der Waals surface area (Å²) in [4.78, 5) is 11.2. The van der Waals surface area contributed by atoms with E-state index in [9.17, 15) is 9.46 Å². The largest absolute Gasteiger partial charge is 0.343 e. The number of rotatable bonds is 3. The molecule has 3 aliphatic carbocycles. The van der Waals surface area contributed by atoms with Gasteiger partial charge in [-0.05, 0) is 63.7 Å². The van der Waals surface area contributed by atoms with Crippen molar-refractivity contribution in [1.82, 2.24) is 0 Å². The lowest BCUT2D eigenvalue weighted by molar-refractivity contribution is 0.345. The molecule has 0 saturated carbocycles. The first kappa shape index (κ1) is 15.3. The van der Waals surface area contributed by atoms with E-state index in [2.05, 4.69) is 30.4 Å². The molecule has 3 rings (SSSR count). The predicted octanol–water partition coefficient (Wildman–Crippen LogP) is 5.20. The van der Waals surface area contributed by atoms with Gasteiger partial charge >= 0.3 is 0 Å². The molecule has 3 heteroatoms. The number of hydrogen-bond donors (Lipinski definition) is 1. The summed E-state index contributed by atoms with van der Waals surface area (Å²) in [6.07, 6.45) is 22.1. The molecule has 0 aromatic carbocycles. The van der Waals surface area contributed by atoms with Gasteiger partial charge in [0, 0.05) is 0 Å². The lowest BCUT2D eigenvalue weighted by Crippen LogP contribution is -2.40. The summed E-state index contributed by atoms with van der Waals surface area (Å²) >= 11 is 0. The van der Waals surface area contributed by atoms with Crippen LogP contribution in [0.2, 0.25) is 0 Å². The monoisotopic (exact) mass is 306 g/mol. The first-order valence-corrected chi connectivity index (χ1v) is 10.2. The highest BCUT2D eigenvalue weighted by atomic mass is 31.2. The molecule has 0 spiro atoms. The maximum Gasteiger partial charge on any atom is 0.217 e. The molecular formula is C18H27O2P. The maximum atomic E-state index is 13.6. The topological polar surface area (TPSA) is 37.3 Å². The van der Waals surface area contributed by atoms with Gasteiger partial charge in [-0.15, -0.1) is 0 Å². The molecule has 3 aliphatic rings. The van der Waals surface area contributed by atoms with E-state index < -0.39 is 12.5 Å². The molecule has 21 heavy (non-hydrogen) atoms. The summed E-state index contributed by atoms with van der Waals surface area (Å²) in [7, 11) is -3.27. The molecule has 0 saturated heterocycles. The van der Waals surface area contributed by atoms with Crippen LogP contribution in [-0.2, 0) is 4.57 Å². The molecule has 0 heterocycles. The molecule has 0 bridgehead atoms. The Hall–Kier alpha value is -0.590. The Balaban J connectivity index is 2.00. The minimum atomic E-state index is -3.27. The van der Waals surface area contributed by atoms with E-state index in [1.165, 1.54) is 0 Å². The molecule has 0 aromatic rings. The normalized spacial score (nSPS) is 39.1. The molecule has 0 aliphatic heterocycles. The zero-order valence-corrected chi connectivity index (χ0v) is 13.7. The van der Waals surface area contributed by atoms with Crippen molar-refractivity contribution in [2.75, 3.05) is 0 Å². The van der Waals surface area contributed by atoms with E-state index in [0.717, 1.165) is 57.8 Å². The van der Waals surface area contributed by atoms with Crippen molar-refractivity contribution < 1.29 is 9.46 Å². The van der Waals surface area contributed by atoms with Crippen LogP contribution in [0.15, 0.2) is 36.5 Å². The third-order valence-corrected chi connectivity index (χ3v) is 8.75. The van der Waals surface area contributed by atoms with Gasteiger partial charge in [0.2, 0.25) is 7.37 Å². The van der Waals surface area contributed by atoms with E-state index in [1.54, 1.807) is 0 Å². The quantitative estimate of drug-likeness (QED) is 0.574. The van der Waals surface area contributed by atoms with Crippen LogP contribution in [0.4, 0.5) is 0 Å². The van der Waals surface area contributed by atoms with Crippen molar-refractivity contribution in [2.45, 2.75) is 68.6 Å². The Bertz CT molecular complexity index is 505. The second kappa shape index (κ2) is 6.26. The first-order valence-electron chi connectivity index (χ1n) is 8.50. The predicted molar refractivity (Wildman–Crippen MR) is 88.8 cm³/mol. The van der Waals surface area contributed by atoms with E-state index in [0.29, 0.717) is 0 Å². The minimum absolute atomic E-state index is 0.135. The lowest BCUT2D eigenvalue weighted by atomic mass is 9.78. The maximum absolute atomic E-state index is 13.6. The Labute approximate surface area is 128 Å². The third-order valence-electron chi connectivity index (χ3n) is 5.53. The van der Waals surface area contributed by atoms with Gasteiger partial charge in [0.15, 0.2) is 0 Å². The van der Waals surface area contributed by atoms with E-state index in [-0.39, 0.29) is 11.6 Å². The highest BCUT2D eigenvalue weighted by Gasteiger charge is 2.53. The van der Waals surface area contributed by atoms with Crippen LogP contribution in [-0.4, -0.2) is 15.7 Å². The van der Waals surface area contributed by atoms with Crippen molar-refractivity contribution in [3.05, 3.63) is 36.5 Å². The summed E-state index contributed by atoms with van der Waals surface area (Å²) in [6.45, 7) is 0. The molecule has 4 atom stereocenters. The van der Waals surface area contributed by atoms with Crippen molar-refractivity contribution in [2.24, 2.45) is 5.92 Å². The molecule has 1 N–H and O–H groups in total. The molecule has 2 nitrogen and oxygen atoms in total. The van der Waals surface area contributed by atoms with Crippen molar-refractivity contribution in [3.63, 3.8) is 0 Å². The molecule has 116 valence electrons. The van der Waals surface area contributed by atoms with Crippen molar-refractivity contribution in [3.8, 4) is 0 Å². The Kier molecular flexibility index (Phi) is 4.57. The Morgan fingerprint density at radius 3 is 2.24 bits per heavy atom. The summed E-state index contributed by atoms with van der Waals surface area (Å²) in [6, 6.07) is 0. The molecule has 4 unspecified atom stereocenters. The zero-order valence-electron chi connectivity index (χ0n) is 12.8. The molecule has 0 fully saturated rings. The van der Waals surface area contributed by atoms with Gasteiger partial charge in [0.1, 0.15) is 0 Å². The van der Waals surface area contributed by atoms with Crippen LogP contribution in [0.3, 0.4) is 0 Å². The SMILES string of the molecule is O=P(O)(C1C=CCCC1)C1(C2C=CCCC2)C=CCCC1. The van der Waals surface area contributed by atoms with Crippen molar-refractivity contribution in [1.29, 1.82) is 0 Å². The lowest BCUT2D eigenvalue weighted by Gasteiger charge is -2.45. The fourth-order valence-electron chi connectivity index (χ4n) is 4.31. The third kappa shape index (κ3) is 2.73. The van der Waals surface area contributed by atoms with Crippen LogP contribution in [0.25, 0.3) is 0 Å². The van der Waals surface area contributed by atoms with Gasteiger partial charge in [-0.2, -0.15) is 0 Å². The first-order chi connectivity index (χ1) is 10.2. The summed E-state index contributed by atoms with van der Waals surface area (Å²) in [5.74, 6) is 0.244. The summed E-state index contributed by atoms with van der Waals surface area (Å²) in [5, 5.41) is -0.505. The smallest absolute Gasteiger partial charge is 0.217 e. The van der Waals surface area contributed by atoms with Crippen LogP contribution < -0.4 is 0 Å². The number of hydrogen-bond acceptors (Lipinski definition) is 1. The average molecular weight is 306 g/mol. The number of allylic oxidation sites excluding steroid dienone is 6.